The second-order valence-electron chi connectivity index (χ2n) is 4.62. The van der Waals surface area contributed by atoms with Crippen molar-refractivity contribution in [2.24, 2.45) is 0 Å². The van der Waals surface area contributed by atoms with Gasteiger partial charge in [0.05, 0.1) is 9.82 Å². The number of hydrogen-bond donors (Lipinski definition) is 1. The van der Waals surface area contributed by atoms with Crippen molar-refractivity contribution in [3.63, 3.8) is 0 Å². The van der Waals surface area contributed by atoms with Crippen LogP contribution in [0.2, 0.25) is 0 Å². The van der Waals surface area contributed by atoms with Gasteiger partial charge < -0.3 is 4.90 Å². The summed E-state index contributed by atoms with van der Waals surface area (Å²) in [5.74, 6) is -1.02. The van der Waals surface area contributed by atoms with Crippen LogP contribution in [0.1, 0.15) is 12.5 Å². The molecule has 1 aromatic carbocycles. The second-order valence-corrected chi connectivity index (χ2v) is 6.39. The zero-order chi connectivity index (χ0) is 16.2. The predicted octanol–water partition coefficient (Wildman–Crippen LogP) is 1.27. The largest absolute Gasteiger partial charge is 0.306 e. The van der Waals surface area contributed by atoms with Crippen LogP contribution < -0.4 is 4.72 Å². The average Bonchev–Trinajstić information content (AvgIpc) is 2.40. The van der Waals surface area contributed by atoms with Gasteiger partial charge in [0.2, 0.25) is 15.8 Å². The molecule has 0 aliphatic carbocycles. The van der Waals surface area contributed by atoms with Crippen molar-refractivity contribution in [1.82, 2.24) is 9.62 Å². The number of benzene rings is 1. The van der Waals surface area contributed by atoms with E-state index in [2.05, 4.69) is 4.72 Å². The first-order valence-corrected chi connectivity index (χ1v) is 7.80. The van der Waals surface area contributed by atoms with Gasteiger partial charge in [-0.05, 0) is 32.1 Å². The van der Waals surface area contributed by atoms with E-state index < -0.39 is 26.5 Å². The standard InChI is InChI=1S/C12H18FN3O4S/c1-4-15(3)6-5-14-21(19,20)10-7-9(2)12(13)11(8-10)16(17)18/h7-8,14H,4-6H2,1-3H3. The Kier molecular flexibility index (Phi) is 5.76. The highest BCUT2D eigenvalue weighted by molar-refractivity contribution is 7.89. The number of nitrogens with zero attached hydrogens (tertiary/aromatic N) is 2. The number of nitro groups is 1. The van der Waals surface area contributed by atoms with E-state index >= 15 is 0 Å². The molecular formula is C12H18FN3O4S. The summed E-state index contributed by atoms with van der Waals surface area (Å²) in [5.41, 5.74) is -0.934. The maximum Gasteiger partial charge on any atom is 0.306 e. The molecule has 7 nitrogen and oxygen atoms in total. The summed E-state index contributed by atoms with van der Waals surface area (Å²) in [6, 6.07) is 1.81. The van der Waals surface area contributed by atoms with Crippen LogP contribution in [0.4, 0.5) is 10.1 Å². The Balaban J connectivity index is 3.01. The van der Waals surface area contributed by atoms with Crippen LogP contribution in [0.15, 0.2) is 17.0 Å². The Morgan fingerprint density at radius 2 is 2.05 bits per heavy atom. The molecule has 1 N–H and O–H groups in total. The normalized spacial score (nSPS) is 11.9. The minimum atomic E-state index is -3.91. The number of nitrogens with one attached hydrogen (secondary N) is 1. The number of rotatable bonds is 7. The zero-order valence-corrected chi connectivity index (χ0v) is 12.9. The lowest BCUT2D eigenvalue weighted by Crippen LogP contribution is -2.33. The quantitative estimate of drug-likeness (QED) is 0.603. The number of aryl methyl sites for hydroxylation is 1. The van der Waals surface area contributed by atoms with Crippen molar-refractivity contribution in [3.05, 3.63) is 33.6 Å². The molecule has 118 valence electrons. The smallest absolute Gasteiger partial charge is 0.305 e. The highest BCUT2D eigenvalue weighted by atomic mass is 32.2. The first-order chi connectivity index (χ1) is 9.69. The SMILES string of the molecule is CCN(C)CCNS(=O)(=O)c1cc(C)c(F)c([N+](=O)[O-])c1. The summed E-state index contributed by atoms with van der Waals surface area (Å²) in [6.45, 7) is 4.64. The van der Waals surface area contributed by atoms with Crippen molar-refractivity contribution in [2.75, 3.05) is 26.7 Å². The fraction of sp³-hybridized carbons (Fsp3) is 0.500. The Morgan fingerprint density at radius 3 is 2.57 bits per heavy atom. The summed E-state index contributed by atoms with van der Waals surface area (Å²) in [5, 5.41) is 10.7. The van der Waals surface area contributed by atoms with Crippen LogP contribution in [-0.2, 0) is 10.0 Å². The van der Waals surface area contributed by atoms with E-state index in [-0.39, 0.29) is 17.0 Å². The first kappa shape index (κ1) is 17.5. The van der Waals surface area contributed by atoms with Gasteiger partial charge in [-0.15, -0.1) is 0 Å². The molecule has 0 spiro atoms. The molecule has 0 saturated carbocycles. The van der Waals surface area contributed by atoms with E-state index in [0.717, 1.165) is 18.7 Å². The van der Waals surface area contributed by atoms with Gasteiger partial charge in [0.15, 0.2) is 0 Å². The fourth-order valence-corrected chi connectivity index (χ4v) is 2.74. The summed E-state index contributed by atoms with van der Waals surface area (Å²) in [4.78, 5) is 11.4. The van der Waals surface area contributed by atoms with Gasteiger partial charge in [0, 0.05) is 19.2 Å². The highest BCUT2D eigenvalue weighted by Crippen LogP contribution is 2.24. The minimum Gasteiger partial charge on any atom is -0.305 e. The monoisotopic (exact) mass is 319 g/mol. The first-order valence-electron chi connectivity index (χ1n) is 6.31. The van der Waals surface area contributed by atoms with Crippen molar-refractivity contribution >= 4 is 15.7 Å². The van der Waals surface area contributed by atoms with Crippen LogP contribution in [0.3, 0.4) is 0 Å². The molecule has 21 heavy (non-hydrogen) atoms. The van der Waals surface area contributed by atoms with Crippen LogP contribution in [0.25, 0.3) is 0 Å². The topological polar surface area (TPSA) is 92.6 Å². The van der Waals surface area contributed by atoms with Gasteiger partial charge in [-0.25, -0.2) is 13.1 Å². The molecule has 9 heteroatoms. The van der Waals surface area contributed by atoms with E-state index in [1.165, 1.54) is 6.92 Å². The molecule has 0 amide bonds. The average molecular weight is 319 g/mol. The fourth-order valence-electron chi connectivity index (χ4n) is 1.62. The van der Waals surface area contributed by atoms with Crippen LogP contribution in [0, 0.1) is 22.9 Å². The molecule has 0 atom stereocenters. The summed E-state index contributed by atoms with van der Waals surface area (Å²) in [6.07, 6.45) is 0. The number of halogens is 1. The molecule has 1 aromatic rings. The molecule has 1 rings (SSSR count). The van der Waals surface area contributed by atoms with Gasteiger partial charge in [0.25, 0.3) is 0 Å². The second kappa shape index (κ2) is 6.92. The Morgan fingerprint density at radius 1 is 1.43 bits per heavy atom. The molecule has 0 aliphatic rings. The molecule has 0 radical (unpaired) electrons. The van der Waals surface area contributed by atoms with Gasteiger partial charge in [0.1, 0.15) is 0 Å². The van der Waals surface area contributed by atoms with Crippen LogP contribution in [-0.4, -0.2) is 44.9 Å². The van der Waals surface area contributed by atoms with Crippen LogP contribution in [0.5, 0.6) is 0 Å². The van der Waals surface area contributed by atoms with E-state index in [0.29, 0.717) is 6.54 Å². The molecule has 0 bridgehead atoms. The van der Waals surface area contributed by atoms with Crippen molar-refractivity contribution in [2.45, 2.75) is 18.7 Å². The van der Waals surface area contributed by atoms with E-state index in [1.54, 1.807) is 0 Å². The zero-order valence-electron chi connectivity index (χ0n) is 12.1. The lowest BCUT2D eigenvalue weighted by atomic mass is 10.2. The predicted molar refractivity (Wildman–Crippen MR) is 76.2 cm³/mol. The van der Waals surface area contributed by atoms with E-state index in [9.17, 15) is 22.9 Å². The van der Waals surface area contributed by atoms with Crippen molar-refractivity contribution in [3.8, 4) is 0 Å². The number of hydrogen-bond acceptors (Lipinski definition) is 5. The third kappa shape index (κ3) is 4.45. The third-order valence-electron chi connectivity index (χ3n) is 3.04. The van der Waals surface area contributed by atoms with Crippen molar-refractivity contribution in [1.29, 1.82) is 0 Å². The molecule has 0 heterocycles. The summed E-state index contributed by atoms with van der Waals surface area (Å²) >= 11 is 0. The third-order valence-corrected chi connectivity index (χ3v) is 4.48. The van der Waals surface area contributed by atoms with Gasteiger partial charge in [-0.1, -0.05) is 6.92 Å². The summed E-state index contributed by atoms with van der Waals surface area (Å²) < 4.78 is 40.0. The Labute approximate surface area is 123 Å². The van der Waals surface area contributed by atoms with Gasteiger partial charge in [-0.3, -0.25) is 10.1 Å². The Hall–Kier alpha value is -1.58. The van der Waals surface area contributed by atoms with Gasteiger partial charge in [-0.2, -0.15) is 4.39 Å². The molecule has 0 fully saturated rings. The number of likely N-dealkylation sites (N-methyl/N-ethyl adjacent to an activating group) is 1. The number of sulfonamides is 1. The molecule has 0 aromatic heterocycles. The van der Waals surface area contributed by atoms with Crippen LogP contribution >= 0.6 is 0 Å². The highest BCUT2D eigenvalue weighted by Gasteiger charge is 2.23. The maximum absolute atomic E-state index is 13.6. The molecular weight excluding hydrogens is 301 g/mol. The lowest BCUT2D eigenvalue weighted by molar-refractivity contribution is -0.387. The molecule has 0 aliphatic heterocycles. The minimum absolute atomic E-state index is 0.0877. The molecule has 0 unspecified atom stereocenters. The van der Waals surface area contributed by atoms with E-state index in [4.69, 9.17) is 0 Å². The van der Waals surface area contributed by atoms with Crippen molar-refractivity contribution < 1.29 is 17.7 Å². The maximum atomic E-state index is 13.6. The van der Waals surface area contributed by atoms with E-state index in [1.807, 2.05) is 18.9 Å². The Bertz CT molecular complexity index is 634. The lowest BCUT2D eigenvalue weighted by Gasteiger charge is -2.14. The number of nitro benzene ring substituents is 1. The molecule has 0 saturated heterocycles. The van der Waals surface area contributed by atoms with Gasteiger partial charge >= 0.3 is 5.69 Å². The summed E-state index contributed by atoms with van der Waals surface area (Å²) in [7, 11) is -2.07.